The fourth-order valence-electron chi connectivity index (χ4n) is 2.85. The summed E-state index contributed by atoms with van der Waals surface area (Å²) in [6, 6.07) is 14.3. The van der Waals surface area contributed by atoms with Crippen LogP contribution in [0.15, 0.2) is 63.4 Å². The summed E-state index contributed by atoms with van der Waals surface area (Å²) >= 11 is 3.25. The summed E-state index contributed by atoms with van der Waals surface area (Å²) in [4.78, 5) is 27.6. The predicted octanol–water partition coefficient (Wildman–Crippen LogP) is 3.74. The Kier molecular flexibility index (Phi) is 4.22. The zero-order valence-electron chi connectivity index (χ0n) is 13.0. The molecule has 0 amide bonds. The van der Waals surface area contributed by atoms with Gasteiger partial charge in [-0.05, 0) is 24.3 Å². The van der Waals surface area contributed by atoms with Crippen LogP contribution in [0.5, 0.6) is 0 Å². The summed E-state index contributed by atoms with van der Waals surface area (Å²) in [5, 5.41) is 12.1. The van der Waals surface area contributed by atoms with E-state index in [-0.39, 0.29) is 17.3 Å². The molecule has 0 fully saturated rings. The van der Waals surface area contributed by atoms with Gasteiger partial charge in [-0.2, -0.15) is 4.98 Å². The quantitative estimate of drug-likeness (QED) is 0.301. The molecule has 2 aromatic carbocycles. The average Bonchev–Trinajstić information content (AvgIpc) is 3.03. The van der Waals surface area contributed by atoms with Crippen molar-refractivity contribution < 1.29 is 4.92 Å². The number of thioether (sulfide) groups is 2. The maximum atomic E-state index is 12.1. The minimum Gasteiger partial charge on any atom is -0.315 e. The maximum absolute atomic E-state index is 12.1. The predicted molar refractivity (Wildman–Crippen MR) is 99.6 cm³/mol. The van der Waals surface area contributed by atoms with E-state index < -0.39 is 4.92 Å². The molecule has 0 spiro atoms. The van der Waals surface area contributed by atoms with Crippen LogP contribution in [-0.4, -0.2) is 26.0 Å². The van der Waals surface area contributed by atoms with Gasteiger partial charge in [0.25, 0.3) is 11.2 Å². The van der Waals surface area contributed by atoms with Crippen molar-refractivity contribution in [2.75, 3.05) is 11.5 Å². The normalized spacial score (nSPS) is 16.1. The van der Waals surface area contributed by atoms with E-state index in [0.717, 1.165) is 27.1 Å². The lowest BCUT2D eigenvalue weighted by molar-refractivity contribution is -0.384. The van der Waals surface area contributed by atoms with Crippen molar-refractivity contribution in [3.05, 3.63) is 69.0 Å². The van der Waals surface area contributed by atoms with Gasteiger partial charge in [-0.3, -0.25) is 14.9 Å². The van der Waals surface area contributed by atoms with E-state index in [0.29, 0.717) is 5.39 Å². The highest BCUT2D eigenvalue weighted by Crippen LogP contribution is 2.37. The molecule has 0 aliphatic carbocycles. The molecule has 0 N–H and O–H groups in total. The summed E-state index contributed by atoms with van der Waals surface area (Å²) in [6.45, 7) is 0. The molecule has 4 rings (SSSR count). The molecule has 1 aromatic heterocycles. The van der Waals surface area contributed by atoms with Gasteiger partial charge in [0.05, 0.1) is 21.9 Å². The van der Waals surface area contributed by atoms with Gasteiger partial charge >= 0.3 is 0 Å². The van der Waals surface area contributed by atoms with Crippen molar-refractivity contribution in [1.82, 2.24) is 9.55 Å². The molecule has 0 saturated heterocycles. The van der Waals surface area contributed by atoms with Crippen LogP contribution in [0.4, 0.5) is 5.69 Å². The molecule has 0 unspecified atom stereocenters. The molecule has 0 saturated carbocycles. The smallest absolute Gasteiger partial charge is 0.281 e. The lowest BCUT2D eigenvalue weighted by Gasteiger charge is -2.16. The number of non-ortho nitro benzene ring substituents is 1. The van der Waals surface area contributed by atoms with Crippen molar-refractivity contribution in [3.8, 4) is 0 Å². The molecule has 1 aliphatic rings. The van der Waals surface area contributed by atoms with Gasteiger partial charge in [-0.25, -0.2) is 0 Å². The van der Waals surface area contributed by atoms with Crippen molar-refractivity contribution in [1.29, 1.82) is 0 Å². The number of hydrogen-bond donors (Lipinski definition) is 0. The van der Waals surface area contributed by atoms with Crippen LogP contribution in [0, 0.1) is 10.1 Å². The van der Waals surface area contributed by atoms with Crippen LogP contribution < -0.4 is 5.56 Å². The molecule has 0 radical (unpaired) electrons. The van der Waals surface area contributed by atoms with Gasteiger partial charge in [-0.15, -0.1) is 11.8 Å². The number of hydrogen-bond acceptors (Lipinski definition) is 6. The van der Waals surface area contributed by atoms with Crippen molar-refractivity contribution in [2.45, 2.75) is 16.1 Å². The van der Waals surface area contributed by atoms with E-state index in [1.165, 1.54) is 12.1 Å². The first-order chi connectivity index (χ1) is 12.1. The molecule has 8 heteroatoms. The summed E-state index contributed by atoms with van der Waals surface area (Å²) in [7, 11) is 0. The Morgan fingerprint density at radius 2 is 2.00 bits per heavy atom. The third-order valence-electron chi connectivity index (χ3n) is 4.06. The van der Waals surface area contributed by atoms with E-state index in [1.807, 2.05) is 24.3 Å². The monoisotopic (exact) mass is 371 g/mol. The Hall–Kier alpha value is -2.32. The molecular weight excluding hydrogens is 358 g/mol. The van der Waals surface area contributed by atoms with E-state index in [2.05, 4.69) is 9.55 Å². The van der Waals surface area contributed by atoms with Crippen LogP contribution in [0.3, 0.4) is 0 Å². The first-order valence-corrected chi connectivity index (χ1v) is 9.62. The summed E-state index contributed by atoms with van der Waals surface area (Å²) in [5.41, 5.74) is 0.827. The molecule has 1 atom stereocenters. The fraction of sp³-hybridized carbons (Fsp3) is 0.176. The van der Waals surface area contributed by atoms with Crippen molar-refractivity contribution >= 4 is 40.1 Å². The third kappa shape index (κ3) is 3.03. The summed E-state index contributed by atoms with van der Waals surface area (Å²) in [5.74, 6) is 1.67. The molecule has 126 valence electrons. The highest BCUT2D eigenvalue weighted by Gasteiger charge is 2.26. The van der Waals surface area contributed by atoms with Crippen LogP contribution in [0.2, 0.25) is 0 Å². The number of nitro groups is 1. The van der Waals surface area contributed by atoms with E-state index in [4.69, 9.17) is 0 Å². The molecule has 25 heavy (non-hydrogen) atoms. The Balaban J connectivity index is 1.60. The van der Waals surface area contributed by atoms with Crippen LogP contribution >= 0.6 is 23.5 Å². The second-order valence-electron chi connectivity index (χ2n) is 5.61. The zero-order chi connectivity index (χ0) is 17.4. The topological polar surface area (TPSA) is 78.0 Å². The summed E-state index contributed by atoms with van der Waals surface area (Å²) in [6.07, 6.45) is 0. The molecular formula is C17H13N3O3S2. The lowest BCUT2D eigenvalue weighted by Crippen LogP contribution is -2.17. The molecule has 3 aromatic rings. The van der Waals surface area contributed by atoms with Crippen molar-refractivity contribution in [3.63, 3.8) is 0 Å². The number of para-hydroxylation sites is 1. The van der Waals surface area contributed by atoms with E-state index in [1.54, 1.807) is 35.7 Å². The number of nitro benzene ring substituents is 1. The van der Waals surface area contributed by atoms with Gasteiger partial charge in [0.1, 0.15) is 0 Å². The third-order valence-corrected chi connectivity index (χ3v) is 6.31. The standard InChI is InChI=1S/C17H13N3O3S2/c21-16-14-3-1-2-4-15(14)19-12(10-25-17(19)18-16)9-24-13-7-5-11(6-8-13)20(22)23/h1-8,12H,9-10H2/t12-/m0/s1. The molecule has 0 bridgehead atoms. The fourth-order valence-corrected chi connectivity index (χ4v) is 5.12. The Labute approximate surface area is 151 Å². The molecule has 2 heterocycles. The van der Waals surface area contributed by atoms with Gasteiger partial charge in [-0.1, -0.05) is 23.9 Å². The van der Waals surface area contributed by atoms with Gasteiger partial charge in [0.15, 0.2) is 5.16 Å². The molecule has 6 nitrogen and oxygen atoms in total. The SMILES string of the molecule is O=c1nc2n(c3ccccc13)[C@@H](CSc1ccc([N+](=O)[O-])cc1)CS2. The number of aromatic nitrogens is 2. The molecule has 1 aliphatic heterocycles. The first kappa shape index (κ1) is 16.2. The summed E-state index contributed by atoms with van der Waals surface area (Å²) < 4.78 is 2.14. The Morgan fingerprint density at radius 3 is 2.76 bits per heavy atom. The number of fused-ring (bicyclic) bond motifs is 3. The van der Waals surface area contributed by atoms with Crippen LogP contribution in [-0.2, 0) is 0 Å². The Morgan fingerprint density at radius 1 is 1.24 bits per heavy atom. The lowest BCUT2D eigenvalue weighted by atomic mass is 10.2. The minimum absolute atomic E-state index is 0.0960. The second-order valence-corrected chi connectivity index (χ2v) is 7.69. The minimum atomic E-state index is -0.396. The first-order valence-electron chi connectivity index (χ1n) is 7.65. The zero-order valence-corrected chi connectivity index (χ0v) is 14.6. The van der Waals surface area contributed by atoms with E-state index >= 15 is 0 Å². The second kappa shape index (κ2) is 6.53. The largest absolute Gasteiger partial charge is 0.315 e. The number of benzene rings is 2. The van der Waals surface area contributed by atoms with E-state index in [9.17, 15) is 14.9 Å². The van der Waals surface area contributed by atoms with Gasteiger partial charge in [0, 0.05) is 28.5 Å². The van der Waals surface area contributed by atoms with Gasteiger partial charge < -0.3 is 4.57 Å². The number of nitrogens with zero attached hydrogens (tertiary/aromatic N) is 3. The Bertz CT molecular complexity index is 1020. The van der Waals surface area contributed by atoms with Gasteiger partial charge in [0.2, 0.25) is 0 Å². The number of rotatable bonds is 4. The van der Waals surface area contributed by atoms with Crippen LogP contribution in [0.25, 0.3) is 10.9 Å². The highest BCUT2D eigenvalue weighted by atomic mass is 32.2. The highest BCUT2D eigenvalue weighted by molar-refractivity contribution is 8.00. The average molecular weight is 371 g/mol. The maximum Gasteiger partial charge on any atom is 0.281 e. The van der Waals surface area contributed by atoms with Crippen LogP contribution in [0.1, 0.15) is 6.04 Å². The van der Waals surface area contributed by atoms with Crippen molar-refractivity contribution in [2.24, 2.45) is 0 Å².